The number of nitrogens with zero attached hydrogens (tertiary/aromatic N) is 5. The summed E-state index contributed by atoms with van der Waals surface area (Å²) in [4.78, 5) is 20.8. The summed E-state index contributed by atoms with van der Waals surface area (Å²) in [6, 6.07) is 6.94. The molecule has 0 spiro atoms. The van der Waals surface area contributed by atoms with E-state index in [0.29, 0.717) is 46.8 Å². The highest BCUT2D eigenvalue weighted by atomic mass is 35.5. The SMILES string of the molecule is COc1cc2nc(NCCCCNC(=O)c3ccc(Cl)nc3)c3nnc(C)n3c2cc1OC. The third kappa shape index (κ3) is 4.75. The van der Waals surface area contributed by atoms with E-state index in [1.165, 1.54) is 6.20 Å². The Kier molecular flexibility index (Phi) is 6.74. The predicted octanol–water partition coefficient (Wildman–Crippen LogP) is 3.27. The van der Waals surface area contributed by atoms with E-state index in [0.717, 1.165) is 29.7 Å². The van der Waals surface area contributed by atoms with Gasteiger partial charge in [0.15, 0.2) is 17.3 Å². The minimum absolute atomic E-state index is 0.173. The summed E-state index contributed by atoms with van der Waals surface area (Å²) in [5, 5.41) is 15.1. The van der Waals surface area contributed by atoms with Gasteiger partial charge in [-0.2, -0.15) is 0 Å². The first-order valence-electron chi connectivity index (χ1n) is 10.4. The number of carbonyl (C=O) groups is 1. The maximum atomic E-state index is 12.1. The Bertz CT molecular complexity index is 1290. The first-order valence-corrected chi connectivity index (χ1v) is 10.8. The van der Waals surface area contributed by atoms with Gasteiger partial charge in [0.2, 0.25) is 5.65 Å². The minimum Gasteiger partial charge on any atom is -0.493 e. The molecule has 3 heterocycles. The molecule has 10 nitrogen and oxygen atoms in total. The summed E-state index contributed by atoms with van der Waals surface area (Å²) < 4.78 is 12.8. The highest BCUT2D eigenvalue weighted by Gasteiger charge is 2.16. The second-order valence-electron chi connectivity index (χ2n) is 7.32. The molecule has 0 aliphatic heterocycles. The number of hydrogen-bond acceptors (Lipinski definition) is 8. The number of benzene rings is 1. The zero-order chi connectivity index (χ0) is 23.4. The summed E-state index contributed by atoms with van der Waals surface area (Å²) in [5.74, 6) is 2.41. The number of methoxy groups -OCH3 is 2. The van der Waals surface area contributed by atoms with Gasteiger partial charge in [-0.05, 0) is 31.9 Å². The van der Waals surface area contributed by atoms with Crippen LogP contribution in [0.3, 0.4) is 0 Å². The molecule has 0 radical (unpaired) electrons. The standard InChI is InChI=1S/C22H24ClN7O3/c1-13-28-29-21-20(27-15-10-17(32-2)18(33-3)11-16(15)30(13)21)24-8-4-5-9-25-22(31)14-6-7-19(23)26-12-14/h6-7,10-12H,4-5,8-9H2,1-3H3,(H,24,27)(H,25,31). The molecule has 0 fully saturated rings. The Labute approximate surface area is 195 Å². The summed E-state index contributed by atoms with van der Waals surface area (Å²) in [6.07, 6.45) is 3.07. The zero-order valence-corrected chi connectivity index (χ0v) is 19.3. The van der Waals surface area contributed by atoms with Crippen molar-refractivity contribution in [3.8, 4) is 11.5 Å². The Hall–Kier alpha value is -3.66. The first kappa shape index (κ1) is 22.5. The number of amides is 1. The van der Waals surface area contributed by atoms with Crippen LogP contribution in [0.25, 0.3) is 16.7 Å². The number of halogens is 1. The van der Waals surface area contributed by atoms with E-state index in [9.17, 15) is 4.79 Å². The van der Waals surface area contributed by atoms with Gasteiger partial charge in [-0.3, -0.25) is 9.20 Å². The number of nitrogens with one attached hydrogen (secondary N) is 2. The lowest BCUT2D eigenvalue weighted by atomic mass is 10.2. The van der Waals surface area contributed by atoms with Crippen LogP contribution in [0.1, 0.15) is 29.0 Å². The molecule has 4 aromatic rings. The van der Waals surface area contributed by atoms with Crippen LogP contribution in [0, 0.1) is 6.92 Å². The van der Waals surface area contributed by atoms with Gasteiger partial charge >= 0.3 is 0 Å². The molecule has 0 unspecified atom stereocenters. The van der Waals surface area contributed by atoms with Crippen LogP contribution in [0.2, 0.25) is 5.15 Å². The van der Waals surface area contributed by atoms with E-state index in [2.05, 4.69) is 25.8 Å². The Morgan fingerprint density at radius 3 is 2.58 bits per heavy atom. The fourth-order valence-electron chi connectivity index (χ4n) is 3.49. The number of unbranched alkanes of at least 4 members (excludes halogenated alkanes) is 1. The molecule has 0 atom stereocenters. The zero-order valence-electron chi connectivity index (χ0n) is 18.6. The van der Waals surface area contributed by atoms with Crippen molar-refractivity contribution in [3.05, 3.63) is 47.0 Å². The van der Waals surface area contributed by atoms with E-state index in [1.54, 1.807) is 26.4 Å². The molecule has 0 aliphatic carbocycles. The first-order chi connectivity index (χ1) is 16.0. The number of rotatable bonds is 9. The molecule has 3 aromatic heterocycles. The maximum absolute atomic E-state index is 12.1. The number of carbonyl (C=O) groups excluding carboxylic acids is 1. The quantitative estimate of drug-likeness (QED) is 0.283. The average Bonchev–Trinajstić information content (AvgIpc) is 3.22. The van der Waals surface area contributed by atoms with Crippen LogP contribution < -0.4 is 20.1 Å². The van der Waals surface area contributed by atoms with Gasteiger partial charge < -0.3 is 20.1 Å². The number of aryl methyl sites for hydroxylation is 1. The fourth-order valence-corrected chi connectivity index (χ4v) is 3.60. The van der Waals surface area contributed by atoms with Gasteiger partial charge in [-0.15, -0.1) is 10.2 Å². The van der Waals surface area contributed by atoms with Crippen LogP contribution >= 0.6 is 11.6 Å². The van der Waals surface area contributed by atoms with E-state index in [4.69, 9.17) is 26.1 Å². The number of ether oxygens (including phenoxy) is 2. The number of hydrogen-bond donors (Lipinski definition) is 2. The van der Waals surface area contributed by atoms with Crippen molar-refractivity contribution in [2.24, 2.45) is 0 Å². The number of fused-ring (bicyclic) bond motifs is 3. The van der Waals surface area contributed by atoms with E-state index in [-0.39, 0.29) is 5.91 Å². The van der Waals surface area contributed by atoms with Gasteiger partial charge in [0.05, 0.1) is 30.8 Å². The lowest BCUT2D eigenvalue weighted by Gasteiger charge is -2.13. The second-order valence-corrected chi connectivity index (χ2v) is 7.71. The molecule has 4 rings (SSSR count). The van der Waals surface area contributed by atoms with Crippen LogP contribution in [0.15, 0.2) is 30.5 Å². The normalized spacial score (nSPS) is 11.0. The molecular weight excluding hydrogens is 446 g/mol. The summed E-state index contributed by atoms with van der Waals surface area (Å²) in [7, 11) is 3.19. The van der Waals surface area contributed by atoms with Crippen molar-refractivity contribution in [2.75, 3.05) is 32.6 Å². The number of anilines is 1. The summed E-state index contributed by atoms with van der Waals surface area (Å²) in [5.41, 5.74) is 2.68. The third-order valence-electron chi connectivity index (χ3n) is 5.16. The van der Waals surface area contributed by atoms with Crippen molar-refractivity contribution >= 4 is 40.0 Å². The number of pyridine rings is 1. The van der Waals surface area contributed by atoms with Gasteiger partial charge in [-0.25, -0.2) is 9.97 Å². The summed E-state index contributed by atoms with van der Waals surface area (Å²) >= 11 is 5.75. The monoisotopic (exact) mass is 469 g/mol. The topological polar surface area (TPSA) is 116 Å². The smallest absolute Gasteiger partial charge is 0.252 e. The van der Waals surface area contributed by atoms with Crippen LogP contribution in [-0.2, 0) is 0 Å². The number of aromatic nitrogens is 5. The molecule has 0 saturated heterocycles. The molecule has 0 bridgehead atoms. The molecule has 2 N–H and O–H groups in total. The molecule has 1 amide bonds. The molecule has 0 aliphatic rings. The van der Waals surface area contributed by atoms with Crippen molar-refractivity contribution in [1.29, 1.82) is 0 Å². The van der Waals surface area contributed by atoms with Crippen molar-refractivity contribution in [3.63, 3.8) is 0 Å². The van der Waals surface area contributed by atoms with Crippen molar-refractivity contribution in [2.45, 2.75) is 19.8 Å². The Morgan fingerprint density at radius 1 is 1.09 bits per heavy atom. The molecule has 172 valence electrons. The van der Waals surface area contributed by atoms with Gasteiger partial charge in [-0.1, -0.05) is 11.6 Å². The average molecular weight is 470 g/mol. The highest BCUT2D eigenvalue weighted by molar-refractivity contribution is 6.29. The molecular formula is C22H24ClN7O3. The van der Waals surface area contributed by atoms with Gasteiger partial charge in [0.25, 0.3) is 5.91 Å². The third-order valence-corrected chi connectivity index (χ3v) is 5.39. The van der Waals surface area contributed by atoms with Crippen LogP contribution in [0.5, 0.6) is 11.5 Å². The largest absolute Gasteiger partial charge is 0.493 e. The highest BCUT2D eigenvalue weighted by Crippen LogP contribution is 2.33. The molecule has 0 saturated carbocycles. The predicted molar refractivity (Wildman–Crippen MR) is 125 cm³/mol. The van der Waals surface area contributed by atoms with Gasteiger partial charge in [0, 0.05) is 31.4 Å². The Morgan fingerprint density at radius 2 is 1.85 bits per heavy atom. The van der Waals surface area contributed by atoms with Crippen LogP contribution in [-0.4, -0.2) is 57.8 Å². The van der Waals surface area contributed by atoms with E-state index >= 15 is 0 Å². The lowest BCUT2D eigenvalue weighted by Crippen LogP contribution is -2.24. The Balaban J connectivity index is 1.41. The second kappa shape index (κ2) is 9.86. The molecule has 11 heteroatoms. The van der Waals surface area contributed by atoms with E-state index in [1.807, 2.05) is 23.5 Å². The van der Waals surface area contributed by atoms with Crippen molar-refractivity contribution < 1.29 is 14.3 Å². The van der Waals surface area contributed by atoms with Crippen molar-refractivity contribution in [1.82, 2.24) is 29.9 Å². The molecule has 33 heavy (non-hydrogen) atoms. The van der Waals surface area contributed by atoms with Gasteiger partial charge in [0.1, 0.15) is 11.0 Å². The van der Waals surface area contributed by atoms with E-state index < -0.39 is 0 Å². The molecule has 1 aromatic carbocycles. The minimum atomic E-state index is -0.173. The van der Waals surface area contributed by atoms with Crippen LogP contribution in [0.4, 0.5) is 5.82 Å². The summed E-state index contributed by atoms with van der Waals surface area (Å²) in [6.45, 7) is 3.09. The maximum Gasteiger partial charge on any atom is 0.252 e. The fraction of sp³-hybridized carbons (Fsp3) is 0.318. The lowest BCUT2D eigenvalue weighted by molar-refractivity contribution is 0.0952.